The van der Waals surface area contributed by atoms with Crippen molar-refractivity contribution in [1.82, 2.24) is 14.2 Å². The molecule has 3 aliphatic heterocycles. The van der Waals surface area contributed by atoms with Crippen molar-refractivity contribution in [3.63, 3.8) is 0 Å². The quantitative estimate of drug-likeness (QED) is 0.257. The maximum atomic E-state index is 12.9. The van der Waals surface area contributed by atoms with Crippen molar-refractivity contribution < 1.29 is 23.7 Å². The lowest BCUT2D eigenvalue weighted by Gasteiger charge is -2.32. The Morgan fingerprint density at radius 2 is 1.80 bits per heavy atom. The van der Waals surface area contributed by atoms with Crippen LogP contribution < -0.4 is 21.4 Å². The molecule has 1 amide bonds. The molecule has 0 radical (unpaired) electrons. The van der Waals surface area contributed by atoms with Crippen molar-refractivity contribution in [2.75, 3.05) is 18.5 Å². The summed E-state index contributed by atoms with van der Waals surface area (Å²) in [5.74, 6) is -0.249. The molecule has 1 aromatic heterocycles. The van der Waals surface area contributed by atoms with E-state index in [4.69, 9.17) is 13.8 Å². The molecule has 0 bridgehead atoms. The average Bonchev–Trinajstić information content (AvgIpc) is 3.75. The minimum absolute atomic E-state index is 0.0341. The van der Waals surface area contributed by atoms with E-state index in [0.29, 0.717) is 6.42 Å². The highest BCUT2D eigenvalue weighted by molar-refractivity contribution is 7.45. The van der Waals surface area contributed by atoms with Crippen LogP contribution in [0.4, 0.5) is 5.82 Å². The monoisotopic (exact) mass is 636 g/mol. The van der Waals surface area contributed by atoms with E-state index in [1.807, 2.05) is 0 Å². The molecule has 0 unspecified atom stereocenters. The fraction of sp³-hybridized carbons (Fsp3) is 0.469. The molecule has 0 spiro atoms. The second-order valence-electron chi connectivity index (χ2n) is 12.4. The first-order valence-corrected chi connectivity index (χ1v) is 19.3. The summed E-state index contributed by atoms with van der Waals surface area (Å²) in [5.41, 5.74) is -0.539. The molecule has 6 atom stereocenters. The van der Waals surface area contributed by atoms with Gasteiger partial charge in [0.05, 0.1) is 18.8 Å². The third kappa shape index (κ3) is 6.32. The number of amides is 1. The topological polar surface area (TPSA) is 115 Å². The van der Waals surface area contributed by atoms with Crippen LogP contribution in [0.1, 0.15) is 39.3 Å². The Labute approximate surface area is 260 Å². The summed E-state index contributed by atoms with van der Waals surface area (Å²) in [7, 11) is -3.50. The van der Waals surface area contributed by atoms with Gasteiger partial charge in [-0.2, -0.15) is 4.98 Å². The number of hydrogen-bond acceptors (Lipinski definition) is 8. The summed E-state index contributed by atoms with van der Waals surface area (Å²) in [6.07, 6.45) is 2.42. The minimum atomic E-state index is -2.14. The lowest BCUT2D eigenvalue weighted by atomic mass is 10.1. The fourth-order valence-corrected chi connectivity index (χ4v) is 12.5. The number of ether oxygens (including phenoxy) is 1. The molecule has 4 heterocycles. The standard InChI is InChI=1S/C32H41N4O6PSi/c1-22(2)31(38)33-29-16-18-35(32(39)34-29)30-19-26(27(20-37)40-30)41-43-36-17-10-15-25(36)28(42-43)21-44(3,23-11-6-4-7-12-23)24-13-8-5-9-14-24/h4-9,11-14,16,18,22,25-28,30,37H,10,15,17,19-21H2,1-3H3,(H,33,34,38,39)/t25-,26+,27+,28+,30+,43+/m0/s1. The van der Waals surface area contributed by atoms with Crippen LogP contribution in [0.25, 0.3) is 0 Å². The molecule has 2 N–H and O–H groups in total. The Morgan fingerprint density at radius 3 is 2.41 bits per heavy atom. The van der Waals surface area contributed by atoms with Crippen molar-refractivity contribution in [2.45, 2.75) is 76.3 Å². The summed E-state index contributed by atoms with van der Waals surface area (Å²) in [5, 5.41) is 15.6. The Bertz CT molecular complexity index is 1460. The zero-order valence-corrected chi connectivity index (χ0v) is 27.3. The largest absolute Gasteiger partial charge is 0.394 e. The molecular formula is C32H41N4O6PSi. The Morgan fingerprint density at radius 1 is 1.11 bits per heavy atom. The minimum Gasteiger partial charge on any atom is -0.394 e. The summed E-state index contributed by atoms with van der Waals surface area (Å²) in [4.78, 5) is 28.9. The van der Waals surface area contributed by atoms with Gasteiger partial charge in [-0.05, 0) is 25.0 Å². The fourth-order valence-electron chi connectivity index (χ4n) is 6.51. The number of aromatic nitrogens is 2. The van der Waals surface area contributed by atoms with Gasteiger partial charge in [-0.1, -0.05) is 91.4 Å². The number of carbonyl (C=O) groups excluding carboxylic acids is 1. The number of hydrogen-bond donors (Lipinski definition) is 2. The first-order valence-electron chi connectivity index (χ1n) is 15.4. The van der Waals surface area contributed by atoms with Crippen LogP contribution in [0.3, 0.4) is 0 Å². The average molecular weight is 637 g/mol. The summed E-state index contributed by atoms with van der Waals surface area (Å²) in [6.45, 7) is 6.65. The third-order valence-electron chi connectivity index (χ3n) is 9.07. The molecular weight excluding hydrogens is 595 g/mol. The van der Waals surface area contributed by atoms with Crippen molar-refractivity contribution in [3.05, 3.63) is 83.4 Å². The lowest BCUT2D eigenvalue weighted by molar-refractivity contribution is -0.118. The van der Waals surface area contributed by atoms with Gasteiger partial charge in [0.25, 0.3) is 8.53 Å². The van der Waals surface area contributed by atoms with Gasteiger partial charge in [-0.15, -0.1) is 0 Å². The molecule has 0 aliphatic carbocycles. The van der Waals surface area contributed by atoms with E-state index in [2.05, 4.69) is 82.2 Å². The molecule has 0 saturated carbocycles. The number of anilines is 1. The number of nitrogens with zero attached hydrogens (tertiary/aromatic N) is 3. The number of aliphatic hydroxyl groups excluding tert-OH is 1. The van der Waals surface area contributed by atoms with Crippen LogP contribution in [0.15, 0.2) is 77.7 Å². The Kier molecular flexibility index (Phi) is 9.44. The van der Waals surface area contributed by atoms with Gasteiger partial charge < -0.3 is 24.2 Å². The zero-order valence-electron chi connectivity index (χ0n) is 25.4. The number of fused-ring (bicyclic) bond motifs is 1. The van der Waals surface area contributed by atoms with Crippen LogP contribution in [0.2, 0.25) is 12.6 Å². The number of rotatable bonds is 10. The van der Waals surface area contributed by atoms with E-state index in [-0.39, 0.29) is 36.4 Å². The molecule has 12 heteroatoms. The maximum Gasteiger partial charge on any atom is 0.351 e. The predicted octanol–water partition coefficient (Wildman–Crippen LogP) is 3.49. The third-order valence-corrected chi connectivity index (χ3v) is 15.3. The van der Waals surface area contributed by atoms with Gasteiger partial charge >= 0.3 is 5.69 Å². The SMILES string of the molecule is CC(C)C(=O)Nc1ccn([C@H]2C[C@@H](O[P@]3O[C@H](C[Si](C)(c4ccccc4)c4ccccc4)[C@@H]4CCCN43)[C@@H](CO)O2)c(=O)n1. The second kappa shape index (κ2) is 13.3. The number of benzene rings is 2. The van der Waals surface area contributed by atoms with Gasteiger partial charge in [0, 0.05) is 31.1 Å². The van der Waals surface area contributed by atoms with Gasteiger partial charge in [-0.3, -0.25) is 9.36 Å². The van der Waals surface area contributed by atoms with Crippen LogP contribution in [-0.4, -0.2) is 70.8 Å². The van der Waals surface area contributed by atoms with Crippen molar-refractivity contribution in [3.8, 4) is 0 Å². The van der Waals surface area contributed by atoms with Gasteiger partial charge in [0.15, 0.2) is 0 Å². The summed E-state index contributed by atoms with van der Waals surface area (Å²) >= 11 is 0. The first-order chi connectivity index (χ1) is 21.3. The smallest absolute Gasteiger partial charge is 0.351 e. The molecule has 10 nitrogen and oxygen atoms in total. The van der Waals surface area contributed by atoms with Crippen molar-refractivity contribution in [2.24, 2.45) is 5.92 Å². The predicted molar refractivity (Wildman–Crippen MR) is 173 cm³/mol. The molecule has 234 valence electrons. The van der Waals surface area contributed by atoms with E-state index in [9.17, 15) is 14.7 Å². The highest BCUT2D eigenvalue weighted by Crippen LogP contribution is 2.58. The lowest BCUT2D eigenvalue weighted by Crippen LogP contribution is -2.58. The molecule has 2 aromatic carbocycles. The zero-order chi connectivity index (χ0) is 30.8. The van der Waals surface area contributed by atoms with Gasteiger partial charge in [-0.25, -0.2) is 9.46 Å². The first kappa shape index (κ1) is 31.2. The van der Waals surface area contributed by atoms with Crippen molar-refractivity contribution >= 4 is 38.7 Å². The van der Waals surface area contributed by atoms with E-state index >= 15 is 0 Å². The van der Waals surface area contributed by atoms with Crippen LogP contribution >= 0.6 is 8.53 Å². The normalized spacial score (nSPS) is 27.1. The van der Waals surface area contributed by atoms with Crippen LogP contribution in [0, 0.1) is 5.92 Å². The second-order valence-corrected chi connectivity index (χ2v) is 18.0. The molecule has 6 rings (SSSR count). The van der Waals surface area contributed by atoms with E-state index in [1.54, 1.807) is 26.1 Å². The molecule has 3 saturated heterocycles. The Balaban J connectivity index is 1.18. The van der Waals surface area contributed by atoms with E-state index in [0.717, 1.165) is 25.4 Å². The van der Waals surface area contributed by atoms with Crippen LogP contribution in [0.5, 0.6) is 0 Å². The van der Waals surface area contributed by atoms with E-state index in [1.165, 1.54) is 14.9 Å². The number of carbonyl (C=O) groups is 1. The molecule has 3 fully saturated rings. The number of aliphatic hydroxyl groups is 1. The van der Waals surface area contributed by atoms with Crippen molar-refractivity contribution in [1.29, 1.82) is 0 Å². The van der Waals surface area contributed by atoms with Gasteiger partial charge in [0.2, 0.25) is 5.91 Å². The molecule has 3 aliphatic rings. The summed E-state index contributed by atoms with van der Waals surface area (Å²) in [6, 6.07) is 24.5. The summed E-state index contributed by atoms with van der Waals surface area (Å²) < 4.78 is 23.3. The highest BCUT2D eigenvalue weighted by atomic mass is 31.2. The van der Waals surface area contributed by atoms with Gasteiger partial charge in [0.1, 0.15) is 26.2 Å². The Hall–Kier alpha value is -2.76. The maximum absolute atomic E-state index is 12.9. The number of nitrogens with one attached hydrogen (secondary N) is 1. The van der Waals surface area contributed by atoms with E-state index < -0.39 is 40.7 Å². The molecule has 44 heavy (non-hydrogen) atoms. The van der Waals surface area contributed by atoms with Crippen LogP contribution in [-0.2, 0) is 18.6 Å². The highest BCUT2D eigenvalue weighted by Gasteiger charge is 2.51. The molecule has 3 aromatic rings.